The summed E-state index contributed by atoms with van der Waals surface area (Å²) < 4.78 is 11.6. The maximum absolute atomic E-state index is 12.8. The third kappa shape index (κ3) is 1.63. The SMILES string of the molecule is O=C1N(CC2CC2)c2ccccc2C12OCCCO2. The molecule has 4 rings (SSSR count). The molecule has 1 aromatic rings. The van der Waals surface area contributed by atoms with Gasteiger partial charge in [0.15, 0.2) is 0 Å². The minimum atomic E-state index is -1.16. The van der Waals surface area contributed by atoms with Gasteiger partial charge < -0.3 is 14.4 Å². The quantitative estimate of drug-likeness (QED) is 0.815. The molecule has 4 heteroatoms. The number of nitrogens with zero attached hydrogens (tertiary/aromatic N) is 1. The van der Waals surface area contributed by atoms with Gasteiger partial charge in [-0.2, -0.15) is 0 Å². The van der Waals surface area contributed by atoms with Crippen LogP contribution in [-0.2, 0) is 20.1 Å². The van der Waals surface area contributed by atoms with E-state index >= 15 is 0 Å². The van der Waals surface area contributed by atoms with Gasteiger partial charge in [0.05, 0.1) is 18.9 Å². The standard InChI is InChI=1S/C15H17NO3/c17-14-15(18-8-3-9-19-15)12-4-1-2-5-13(12)16(14)10-11-6-7-11/h1-2,4-5,11H,3,6-10H2. The highest BCUT2D eigenvalue weighted by atomic mass is 16.7. The molecule has 2 aliphatic heterocycles. The number of carbonyl (C=O) groups is 1. The fourth-order valence-electron chi connectivity index (χ4n) is 2.94. The molecule has 2 heterocycles. The van der Waals surface area contributed by atoms with Crippen molar-refractivity contribution in [3.63, 3.8) is 0 Å². The number of amides is 1. The van der Waals surface area contributed by atoms with Crippen LogP contribution >= 0.6 is 0 Å². The van der Waals surface area contributed by atoms with Crippen molar-refractivity contribution in [1.29, 1.82) is 0 Å². The van der Waals surface area contributed by atoms with Gasteiger partial charge in [-0.25, -0.2) is 0 Å². The molecule has 0 atom stereocenters. The van der Waals surface area contributed by atoms with E-state index in [2.05, 4.69) is 0 Å². The zero-order valence-corrected chi connectivity index (χ0v) is 10.8. The summed E-state index contributed by atoms with van der Waals surface area (Å²) in [5.41, 5.74) is 1.83. The fraction of sp³-hybridized carbons (Fsp3) is 0.533. The normalized spacial score (nSPS) is 24.8. The molecule has 0 bridgehead atoms. The van der Waals surface area contributed by atoms with E-state index < -0.39 is 5.79 Å². The van der Waals surface area contributed by atoms with Gasteiger partial charge in [-0.1, -0.05) is 18.2 Å². The number of fused-ring (bicyclic) bond motifs is 2. The lowest BCUT2D eigenvalue weighted by Crippen LogP contribution is -2.47. The Bertz CT molecular complexity index is 518. The van der Waals surface area contributed by atoms with Gasteiger partial charge in [-0.05, 0) is 31.2 Å². The molecule has 3 aliphatic rings. The molecule has 0 aromatic heterocycles. The minimum Gasteiger partial charge on any atom is -0.338 e. The number of hydrogen-bond donors (Lipinski definition) is 0. The second-order valence-corrected chi connectivity index (χ2v) is 5.54. The number of hydrogen-bond acceptors (Lipinski definition) is 3. The first kappa shape index (κ1) is 11.4. The van der Waals surface area contributed by atoms with E-state index in [-0.39, 0.29) is 5.91 Å². The average molecular weight is 259 g/mol. The molecule has 1 saturated carbocycles. The topological polar surface area (TPSA) is 38.8 Å². The zero-order chi connectivity index (χ0) is 12.9. The Kier molecular flexibility index (Phi) is 2.44. The Morgan fingerprint density at radius 2 is 1.95 bits per heavy atom. The number of para-hydroxylation sites is 1. The van der Waals surface area contributed by atoms with Crippen LogP contribution in [0.1, 0.15) is 24.8 Å². The molecule has 0 unspecified atom stereocenters. The Hall–Kier alpha value is -1.39. The summed E-state index contributed by atoms with van der Waals surface area (Å²) in [6, 6.07) is 7.85. The first-order chi connectivity index (χ1) is 9.31. The van der Waals surface area contributed by atoms with Crippen molar-refractivity contribution in [1.82, 2.24) is 0 Å². The van der Waals surface area contributed by atoms with Gasteiger partial charge in [-0.15, -0.1) is 0 Å². The highest BCUT2D eigenvalue weighted by molar-refractivity contribution is 6.06. The predicted octanol–water partition coefficient (Wildman–Crippen LogP) is 2.03. The van der Waals surface area contributed by atoms with Crippen LogP contribution in [0, 0.1) is 5.92 Å². The monoisotopic (exact) mass is 259 g/mol. The number of rotatable bonds is 2. The van der Waals surface area contributed by atoms with Crippen LogP contribution in [0.2, 0.25) is 0 Å². The fourth-order valence-corrected chi connectivity index (χ4v) is 2.94. The second-order valence-electron chi connectivity index (χ2n) is 5.54. The zero-order valence-electron chi connectivity index (χ0n) is 10.8. The molecular weight excluding hydrogens is 242 g/mol. The first-order valence-electron chi connectivity index (χ1n) is 7.01. The molecule has 1 aliphatic carbocycles. The molecule has 0 radical (unpaired) electrons. The van der Waals surface area contributed by atoms with Crippen LogP contribution in [0.3, 0.4) is 0 Å². The number of carbonyl (C=O) groups excluding carboxylic acids is 1. The second kappa shape index (κ2) is 4.05. The smallest absolute Gasteiger partial charge is 0.292 e. The first-order valence-corrected chi connectivity index (χ1v) is 7.01. The van der Waals surface area contributed by atoms with Crippen molar-refractivity contribution in [3.8, 4) is 0 Å². The third-order valence-corrected chi connectivity index (χ3v) is 4.11. The Balaban J connectivity index is 1.78. The molecular formula is C15H17NO3. The maximum atomic E-state index is 12.8. The maximum Gasteiger partial charge on any atom is 0.292 e. The van der Waals surface area contributed by atoms with E-state index in [1.54, 1.807) is 0 Å². The molecule has 2 fully saturated rings. The lowest BCUT2D eigenvalue weighted by Gasteiger charge is -2.32. The van der Waals surface area contributed by atoms with Gasteiger partial charge >= 0.3 is 0 Å². The van der Waals surface area contributed by atoms with E-state index in [4.69, 9.17) is 9.47 Å². The summed E-state index contributed by atoms with van der Waals surface area (Å²) in [5.74, 6) is -0.556. The average Bonchev–Trinajstić information content (AvgIpc) is 3.25. The van der Waals surface area contributed by atoms with Crippen molar-refractivity contribution in [3.05, 3.63) is 29.8 Å². The Labute approximate surface area is 112 Å². The summed E-state index contributed by atoms with van der Waals surface area (Å²) in [4.78, 5) is 14.6. The van der Waals surface area contributed by atoms with Crippen molar-refractivity contribution < 1.29 is 14.3 Å². The van der Waals surface area contributed by atoms with E-state index in [0.717, 1.165) is 24.2 Å². The highest BCUT2D eigenvalue weighted by Gasteiger charge is 2.55. The molecule has 1 amide bonds. The van der Waals surface area contributed by atoms with Gasteiger partial charge in [-0.3, -0.25) is 4.79 Å². The lowest BCUT2D eigenvalue weighted by molar-refractivity contribution is -0.256. The molecule has 1 saturated heterocycles. The lowest BCUT2D eigenvalue weighted by atomic mass is 10.1. The summed E-state index contributed by atoms with van der Waals surface area (Å²) in [7, 11) is 0. The summed E-state index contributed by atoms with van der Waals surface area (Å²) >= 11 is 0. The van der Waals surface area contributed by atoms with E-state index in [1.807, 2.05) is 29.2 Å². The number of benzene rings is 1. The molecule has 1 aromatic carbocycles. The number of anilines is 1. The van der Waals surface area contributed by atoms with Gasteiger partial charge in [0.2, 0.25) is 0 Å². The Morgan fingerprint density at radius 1 is 1.21 bits per heavy atom. The van der Waals surface area contributed by atoms with Crippen molar-refractivity contribution in [2.75, 3.05) is 24.7 Å². The Morgan fingerprint density at radius 3 is 2.68 bits per heavy atom. The molecule has 1 spiro atoms. The number of ether oxygens (including phenoxy) is 2. The third-order valence-electron chi connectivity index (χ3n) is 4.11. The van der Waals surface area contributed by atoms with Crippen LogP contribution in [0.5, 0.6) is 0 Å². The molecule has 0 N–H and O–H groups in total. The molecule has 19 heavy (non-hydrogen) atoms. The highest BCUT2D eigenvalue weighted by Crippen LogP contribution is 2.46. The van der Waals surface area contributed by atoms with E-state index in [9.17, 15) is 4.79 Å². The van der Waals surface area contributed by atoms with Crippen LogP contribution in [0.4, 0.5) is 5.69 Å². The van der Waals surface area contributed by atoms with Crippen LogP contribution < -0.4 is 4.90 Å². The largest absolute Gasteiger partial charge is 0.338 e. The summed E-state index contributed by atoms with van der Waals surface area (Å²) in [5, 5.41) is 0. The van der Waals surface area contributed by atoms with Crippen molar-refractivity contribution in [2.24, 2.45) is 5.92 Å². The summed E-state index contributed by atoms with van der Waals surface area (Å²) in [6.45, 7) is 1.96. The predicted molar refractivity (Wildman–Crippen MR) is 69.7 cm³/mol. The van der Waals surface area contributed by atoms with E-state index in [0.29, 0.717) is 19.1 Å². The molecule has 4 nitrogen and oxygen atoms in total. The minimum absolute atomic E-state index is 0.0414. The van der Waals surface area contributed by atoms with Crippen molar-refractivity contribution in [2.45, 2.75) is 25.0 Å². The van der Waals surface area contributed by atoms with Crippen LogP contribution in [0.25, 0.3) is 0 Å². The van der Waals surface area contributed by atoms with Crippen LogP contribution in [0.15, 0.2) is 24.3 Å². The summed E-state index contributed by atoms with van der Waals surface area (Å²) in [6.07, 6.45) is 3.29. The van der Waals surface area contributed by atoms with Gasteiger partial charge in [0.25, 0.3) is 11.7 Å². The van der Waals surface area contributed by atoms with Gasteiger partial charge in [0.1, 0.15) is 0 Å². The van der Waals surface area contributed by atoms with Crippen molar-refractivity contribution >= 4 is 11.6 Å². The van der Waals surface area contributed by atoms with Crippen LogP contribution in [-0.4, -0.2) is 25.7 Å². The molecule has 100 valence electrons. The van der Waals surface area contributed by atoms with E-state index in [1.165, 1.54) is 12.8 Å². The van der Waals surface area contributed by atoms with Gasteiger partial charge in [0, 0.05) is 12.1 Å².